The van der Waals surface area contributed by atoms with Gasteiger partial charge in [-0.05, 0) is 11.6 Å². The van der Waals surface area contributed by atoms with Crippen LogP contribution in [0.3, 0.4) is 0 Å². The number of sulfone groups is 1. The standard InChI is InChI=1S/C12H16N4O2S/c1-19(17,18)8-9-4-2-3-5-10(9)12(14)6-7-15-11(13)16-12/h2-7H,8,14H2,1H3,(H3,13,15,16). The van der Waals surface area contributed by atoms with Gasteiger partial charge < -0.3 is 11.1 Å². The Morgan fingerprint density at radius 2 is 2.05 bits per heavy atom. The Labute approximate surface area is 112 Å². The van der Waals surface area contributed by atoms with Gasteiger partial charge in [0.1, 0.15) is 0 Å². The van der Waals surface area contributed by atoms with Crippen LogP contribution in [0.15, 0.2) is 41.5 Å². The highest BCUT2D eigenvalue weighted by Gasteiger charge is 2.29. The van der Waals surface area contributed by atoms with Gasteiger partial charge in [0, 0.05) is 18.0 Å². The second-order valence-electron chi connectivity index (χ2n) is 4.53. The van der Waals surface area contributed by atoms with E-state index in [4.69, 9.17) is 11.5 Å². The van der Waals surface area contributed by atoms with Crippen molar-refractivity contribution in [3.05, 3.63) is 47.7 Å². The monoisotopic (exact) mass is 280 g/mol. The minimum Gasteiger partial charge on any atom is -0.370 e. The summed E-state index contributed by atoms with van der Waals surface area (Å²) in [5, 5.41) is 2.72. The van der Waals surface area contributed by atoms with E-state index >= 15 is 0 Å². The van der Waals surface area contributed by atoms with Crippen molar-refractivity contribution in [2.75, 3.05) is 6.26 Å². The maximum atomic E-state index is 11.5. The summed E-state index contributed by atoms with van der Waals surface area (Å²) in [6.45, 7) is 0. The van der Waals surface area contributed by atoms with Gasteiger partial charge in [-0.1, -0.05) is 24.3 Å². The van der Waals surface area contributed by atoms with E-state index in [1.165, 1.54) is 6.26 Å². The molecule has 0 spiro atoms. The molecule has 1 heterocycles. The fraction of sp³-hybridized carbons (Fsp3) is 0.250. The predicted molar refractivity (Wildman–Crippen MR) is 74.8 cm³/mol. The molecule has 7 heteroatoms. The summed E-state index contributed by atoms with van der Waals surface area (Å²) in [5.74, 6) is 0.109. The minimum absolute atomic E-state index is 0.0845. The van der Waals surface area contributed by atoms with Crippen molar-refractivity contribution in [3.63, 3.8) is 0 Å². The number of aliphatic imine (C=N–C) groups is 1. The molecule has 0 saturated heterocycles. The van der Waals surface area contributed by atoms with E-state index in [2.05, 4.69) is 10.3 Å². The number of nitrogens with one attached hydrogen (secondary N) is 1. The summed E-state index contributed by atoms with van der Waals surface area (Å²) < 4.78 is 22.9. The first kappa shape index (κ1) is 13.6. The first-order chi connectivity index (χ1) is 8.80. The molecule has 1 aliphatic heterocycles. The SMILES string of the molecule is CS(=O)(=O)Cc1ccccc1C1(N)C=CNC(N)=N1. The van der Waals surface area contributed by atoms with Gasteiger partial charge in [-0.25, -0.2) is 13.4 Å². The third-order valence-electron chi connectivity index (χ3n) is 2.74. The molecule has 2 rings (SSSR count). The summed E-state index contributed by atoms with van der Waals surface area (Å²) in [4.78, 5) is 4.15. The zero-order valence-electron chi connectivity index (χ0n) is 10.5. The smallest absolute Gasteiger partial charge is 0.195 e. The molecule has 0 fully saturated rings. The van der Waals surface area contributed by atoms with Gasteiger partial charge in [0.15, 0.2) is 21.5 Å². The van der Waals surface area contributed by atoms with Crippen LogP contribution in [0.2, 0.25) is 0 Å². The van der Waals surface area contributed by atoms with Crippen LogP contribution in [-0.2, 0) is 21.3 Å². The third kappa shape index (κ3) is 3.12. The average Bonchev–Trinajstić information content (AvgIpc) is 2.27. The van der Waals surface area contributed by atoms with Crippen molar-refractivity contribution in [2.45, 2.75) is 11.4 Å². The Morgan fingerprint density at radius 1 is 1.37 bits per heavy atom. The molecule has 0 amide bonds. The van der Waals surface area contributed by atoms with Gasteiger partial charge in [0.25, 0.3) is 0 Å². The highest BCUT2D eigenvalue weighted by molar-refractivity contribution is 7.89. The maximum Gasteiger partial charge on any atom is 0.195 e. The summed E-state index contributed by atoms with van der Waals surface area (Å²) in [6, 6.07) is 7.04. The first-order valence-electron chi connectivity index (χ1n) is 5.65. The van der Waals surface area contributed by atoms with Gasteiger partial charge in [-0.15, -0.1) is 0 Å². The highest BCUT2D eigenvalue weighted by atomic mass is 32.2. The van der Waals surface area contributed by atoms with Crippen molar-refractivity contribution < 1.29 is 8.42 Å². The lowest BCUT2D eigenvalue weighted by molar-refractivity contribution is 0.574. The summed E-state index contributed by atoms with van der Waals surface area (Å²) in [6.07, 6.45) is 4.42. The molecule has 1 aromatic carbocycles. The van der Waals surface area contributed by atoms with Crippen LogP contribution in [0.5, 0.6) is 0 Å². The van der Waals surface area contributed by atoms with E-state index in [0.717, 1.165) is 0 Å². The second kappa shape index (κ2) is 4.67. The molecule has 1 atom stereocenters. The number of benzene rings is 1. The molecule has 0 saturated carbocycles. The Bertz CT molecular complexity index is 651. The number of hydrogen-bond donors (Lipinski definition) is 3. The molecule has 6 nitrogen and oxygen atoms in total. The van der Waals surface area contributed by atoms with Crippen LogP contribution in [0, 0.1) is 0 Å². The fourth-order valence-electron chi connectivity index (χ4n) is 1.99. The quantitative estimate of drug-likeness (QED) is 0.708. The van der Waals surface area contributed by atoms with Crippen molar-refractivity contribution in [1.82, 2.24) is 5.32 Å². The summed E-state index contributed by atoms with van der Waals surface area (Å²) >= 11 is 0. The number of hydrogen-bond acceptors (Lipinski definition) is 6. The first-order valence-corrected chi connectivity index (χ1v) is 7.71. The van der Waals surface area contributed by atoms with Gasteiger partial charge in [0.05, 0.1) is 5.75 Å². The molecule has 1 aliphatic rings. The lowest BCUT2D eigenvalue weighted by atomic mass is 9.95. The molecule has 5 N–H and O–H groups in total. The van der Waals surface area contributed by atoms with E-state index in [1.807, 2.05) is 0 Å². The lowest BCUT2D eigenvalue weighted by Crippen LogP contribution is -2.42. The van der Waals surface area contributed by atoms with Crippen LogP contribution in [0.1, 0.15) is 11.1 Å². The van der Waals surface area contributed by atoms with E-state index in [1.54, 1.807) is 36.5 Å². The molecule has 19 heavy (non-hydrogen) atoms. The Hall–Kier alpha value is -1.86. The number of nitrogens with zero attached hydrogens (tertiary/aromatic N) is 1. The lowest BCUT2D eigenvalue weighted by Gasteiger charge is -2.27. The van der Waals surface area contributed by atoms with E-state index < -0.39 is 15.5 Å². The van der Waals surface area contributed by atoms with E-state index in [9.17, 15) is 8.42 Å². The molecule has 0 aliphatic carbocycles. The number of nitrogens with two attached hydrogens (primary N) is 2. The fourth-order valence-corrected chi connectivity index (χ4v) is 2.81. The topological polar surface area (TPSA) is 111 Å². The van der Waals surface area contributed by atoms with Crippen LogP contribution >= 0.6 is 0 Å². The summed E-state index contributed by atoms with van der Waals surface area (Å²) in [7, 11) is -3.15. The molecular formula is C12H16N4O2S. The third-order valence-corrected chi connectivity index (χ3v) is 3.58. The largest absolute Gasteiger partial charge is 0.370 e. The normalized spacial score (nSPS) is 22.7. The molecule has 0 radical (unpaired) electrons. The van der Waals surface area contributed by atoms with Crippen LogP contribution in [0.25, 0.3) is 0 Å². The zero-order chi connectivity index (χ0) is 14.1. The molecular weight excluding hydrogens is 264 g/mol. The van der Waals surface area contributed by atoms with Crippen LogP contribution in [0.4, 0.5) is 0 Å². The minimum atomic E-state index is -3.15. The second-order valence-corrected chi connectivity index (χ2v) is 6.67. The zero-order valence-corrected chi connectivity index (χ0v) is 11.3. The van der Waals surface area contributed by atoms with Gasteiger partial charge >= 0.3 is 0 Å². The van der Waals surface area contributed by atoms with Crippen LogP contribution < -0.4 is 16.8 Å². The van der Waals surface area contributed by atoms with Crippen LogP contribution in [-0.4, -0.2) is 20.6 Å². The highest BCUT2D eigenvalue weighted by Crippen LogP contribution is 2.27. The summed E-state index contributed by atoms with van der Waals surface area (Å²) in [5.41, 5.74) is 11.9. The van der Waals surface area contributed by atoms with E-state index in [0.29, 0.717) is 11.1 Å². The molecule has 102 valence electrons. The Kier molecular flexibility index (Phi) is 3.34. The van der Waals surface area contributed by atoms with Gasteiger partial charge in [0.2, 0.25) is 0 Å². The Morgan fingerprint density at radius 3 is 2.68 bits per heavy atom. The average molecular weight is 280 g/mol. The van der Waals surface area contributed by atoms with Crippen molar-refractivity contribution in [3.8, 4) is 0 Å². The molecule has 1 aromatic rings. The van der Waals surface area contributed by atoms with Crippen molar-refractivity contribution in [2.24, 2.45) is 16.5 Å². The molecule has 0 bridgehead atoms. The number of rotatable bonds is 3. The maximum absolute atomic E-state index is 11.5. The van der Waals surface area contributed by atoms with E-state index in [-0.39, 0.29) is 11.7 Å². The van der Waals surface area contributed by atoms with Gasteiger partial charge in [-0.2, -0.15) is 0 Å². The van der Waals surface area contributed by atoms with Gasteiger partial charge in [-0.3, -0.25) is 5.73 Å². The molecule has 1 unspecified atom stereocenters. The predicted octanol–water partition coefficient (Wildman–Crippen LogP) is -0.226. The molecule has 0 aromatic heterocycles. The van der Waals surface area contributed by atoms with Crippen molar-refractivity contribution in [1.29, 1.82) is 0 Å². The Balaban J connectivity index is 2.51. The van der Waals surface area contributed by atoms with Crippen molar-refractivity contribution >= 4 is 15.8 Å². The number of guanidine groups is 1.